The lowest BCUT2D eigenvalue weighted by Crippen LogP contribution is -2.37. The molecular weight excluding hydrogens is 406 g/mol. The van der Waals surface area contributed by atoms with Crippen LogP contribution in [0.5, 0.6) is 0 Å². The molecule has 28 heavy (non-hydrogen) atoms. The number of hydrogen-bond donors (Lipinski definition) is 1. The fourth-order valence-corrected chi connectivity index (χ4v) is 4.57. The van der Waals surface area contributed by atoms with E-state index in [4.69, 9.17) is 0 Å². The number of carbonyl (C=O) groups is 2. The van der Waals surface area contributed by atoms with Gasteiger partial charge in [0, 0.05) is 18.1 Å². The van der Waals surface area contributed by atoms with Gasteiger partial charge in [0.2, 0.25) is 5.91 Å². The molecule has 0 atom stereocenters. The molecule has 0 aliphatic rings. The first-order valence-corrected chi connectivity index (χ1v) is 10.1. The maximum Gasteiger partial charge on any atom is 0.264 e. The first-order chi connectivity index (χ1) is 13.5. The van der Waals surface area contributed by atoms with E-state index < -0.39 is 23.2 Å². The summed E-state index contributed by atoms with van der Waals surface area (Å²) in [7, 11) is 0. The number of anilines is 1. The van der Waals surface area contributed by atoms with E-state index in [2.05, 4.69) is 10.3 Å². The lowest BCUT2D eigenvalue weighted by molar-refractivity contribution is -0.116. The van der Waals surface area contributed by atoms with Crippen molar-refractivity contribution in [1.29, 1.82) is 0 Å². The predicted molar refractivity (Wildman–Crippen MR) is 105 cm³/mol. The zero-order valence-electron chi connectivity index (χ0n) is 14.6. The highest BCUT2D eigenvalue weighted by Crippen LogP contribution is 2.29. The van der Waals surface area contributed by atoms with Crippen LogP contribution in [0.25, 0.3) is 15.3 Å². The number of carbonyl (C=O) groups excluding carboxylic acids is 2. The molecule has 0 bridgehead atoms. The van der Waals surface area contributed by atoms with Crippen molar-refractivity contribution in [1.82, 2.24) is 14.3 Å². The minimum atomic E-state index is -0.873. The van der Waals surface area contributed by atoms with Crippen molar-refractivity contribution in [2.24, 2.45) is 0 Å². The van der Waals surface area contributed by atoms with E-state index in [1.807, 2.05) is 16.0 Å². The summed E-state index contributed by atoms with van der Waals surface area (Å²) in [5.41, 5.74) is 0.310. The molecule has 2 amide bonds. The van der Waals surface area contributed by atoms with E-state index in [9.17, 15) is 18.4 Å². The predicted octanol–water partition coefficient (Wildman–Crippen LogP) is 3.99. The third-order valence-electron chi connectivity index (χ3n) is 4.18. The monoisotopic (exact) mass is 420 g/mol. The third-order valence-corrected chi connectivity index (χ3v) is 5.94. The van der Waals surface area contributed by atoms with E-state index in [1.54, 1.807) is 13.0 Å². The van der Waals surface area contributed by atoms with E-state index in [-0.39, 0.29) is 19.0 Å². The number of hydrogen-bond acceptors (Lipinski definition) is 5. The second kappa shape index (κ2) is 7.28. The Bertz CT molecular complexity index is 1180. The Balaban J connectivity index is 1.52. The number of thiophene rings is 1. The Morgan fingerprint density at radius 2 is 2.04 bits per heavy atom. The molecule has 0 aliphatic heterocycles. The SMILES string of the molecule is CCN(CC(=O)Nc1c(F)cccc1F)C(=O)c1cc2c(nc3sccn32)s1. The normalized spacial score (nSPS) is 11.2. The van der Waals surface area contributed by atoms with E-state index in [1.165, 1.54) is 33.6 Å². The van der Waals surface area contributed by atoms with Gasteiger partial charge < -0.3 is 10.2 Å². The summed E-state index contributed by atoms with van der Waals surface area (Å²) >= 11 is 2.75. The van der Waals surface area contributed by atoms with Gasteiger partial charge in [-0.2, -0.15) is 0 Å². The average molecular weight is 420 g/mol. The molecule has 4 aromatic rings. The molecule has 0 radical (unpaired) electrons. The number of thiazole rings is 1. The van der Waals surface area contributed by atoms with Gasteiger partial charge in [-0.25, -0.2) is 13.8 Å². The Kier molecular flexibility index (Phi) is 4.82. The Morgan fingerprint density at radius 3 is 2.75 bits per heavy atom. The minimum Gasteiger partial charge on any atom is -0.329 e. The van der Waals surface area contributed by atoms with Crippen LogP contribution in [0.2, 0.25) is 0 Å². The highest BCUT2D eigenvalue weighted by molar-refractivity contribution is 7.21. The van der Waals surface area contributed by atoms with Crippen LogP contribution >= 0.6 is 22.7 Å². The van der Waals surface area contributed by atoms with Crippen molar-refractivity contribution in [2.45, 2.75) is 6.92 Å². The van der Waals surface area contributed by atoms with Crippen LogP contribution < -0.4 is 5.32 Å². The topological polar surface area (TPSA) is 66.7 Å². The van der Waals surface area contributed by atoms with Gasteiger partial charge in [0.1, 0.15) is 28.7 Å². The maximum atomic E-state index is 13.7. The Labute approximate surface area is 166 Å². The van der Waals surface area contributed by atoms with Crippen LogP contribution in [0.3, 0.4) is 0 Å². The van der Waals surface area contributed by atoms with Gasteiger partial charge in [-0.1, -0.05) is 6.07 Å². The molecule has 0 aliphatic carbocycles. The van der Waals surface area contributed by atoms with Crippen LogP contribution in [0.15, 0.2) is 35.8 Å². The van der Waals surface area contributed by atoms with E-state index >= 15 is 0 Å². The number of halogens is 2. The molecule has 0 saturated carbocycles. The van der Waals surface area contributed by atoms with E-state index in [0.717, 1.165) is 27.4 Å². The number of imidazole rings is 1. The summed E-state index contributed by atoms with van der Waals surface area (Å²) in [6.45, 7) is 1.68. The van der Waals surface area contributed by atoms with Crippen LogP contribution in [-0.2, 0) is 4.79 Å². The molecular formula is C18H14F2N4O2S2. The molecule has 3 aromatic heterocycles. The molecule has 144 valence electrons. The first-order valence-electron chi connectivity index (χ1n) is 8.36. The van der Waals surface area contributed by atoms with Crippen molar-refractivity contribution < 1.29 is 18.4 Å². The fraction of sp³-hybridized carbons (Fsp3) is 0.167. The summed E-state index contributed by atoms with van der Waals surface area (Å²) < 4.78 is 29.3. The van der Waals surface area contributed by atoms with Crippen molar-refractivity contribution in [2.75, 3.05) is 18.4 Å². The fourth-order valence-electron chi connectivity index (χ4n) is 2.81. The Morgan fingerprint density at radius 1 is 1.29 bits per heavy atom. The number of benzene rings is 1. The average Bonchev–Trinajstić information content (AvgIpc) is 3.34. The number of amides is 2. The van der Waals surface area contributed by atoms with Crippen LogP contribution in [-0.4, -0.2) is 39.2 Å². The van der Waals surface area contributed by atoms with Crippen molar-refractivity contribution in [3.05, 3.63) is 52.4 Å². The number of para-hydroxylation sites is 1. The summed E-state index contributed by atoms with van der Waals surface area (Å²) in [6.07, 6.45) is 1.88. The first kappa shape index (κ1) is 18.5. The van der Waals surface area contributed by atoms with Gasteiger partial charge in [-0.3, -0.25) is 14.0 Å². The van der Waals surface area contributed by atoms with Gasteiger partial charge >= 0.3 is 0 Å². The second-order valence-electron chi connectivity index (χ2n) is 5.93. The van der Waals surface area contributed by atoms with E-state index in [0.29, 0.717) is 4.88 Å². The molecule has 0 saturated heterocycles. The van der Waals surface area contributed by atoms with Crippen molar-refractivity contribution in [3.8, 4) is 0 Å². The lowest BCUT2D eigenvalue weighted by Gasteiger charge is -2.19. The number of aromatic nitrogens is 2. The molecule has 0 unspecified atom stereocenters. The van der Waals surface area contributed by atoms with Crippen LogP contribution in [0.1, 0.15) is 16.6 Å². The largest absolute Gasteiger partial charge is 0.329 e. The number of fused-ring (bicyclic) bond motifs is 3. The number of rotatable bonds is 5. The van der Waals surface area contributed by atoms with Crippen molar-refractivity contribution >= 4 is 55.5 Å². The molecule has 4 rings (SSSR count). The van der Waals surface area contributed by atoms with Gasteiger partial charge in [0.15, 0.2) is 4.96 Å². The summed E-state index contributed by atoms with van der Waals surface area (Å²) in [5.74, 6) is -2.76. The van der Waals surface area contributed by atoms with Gasteiger partial charge in [-0.15, -0.1) is 22.7 Å². The lowest BCUT2D eigenvalue weighted by atomic mass is 10.3. The van der Waals surface area contributed by atoms with Crippen LogP contribution in [0.4, 0.5) is 14.5 Å². The molecule has 0 fully saturated rings. The van der Waals surface area contributed by atoms with Gasteiger partial charge in [0.25, 0.3) is 5.91 Å². The minimum absolute atomic E-state index is 0.266. The smallest absolute Gasteiger partial charge is 0.264 e. The second-order valence-corrected chi connectivity index (χ2v) is 7.84. The summed E-state index contributed by atoms with van der Waals surface area (Å²) in [4.78, 5) is 32.9. The van der Waals surface area contributed by atoms with Crippen molar-refractivity contribution in [3.63, 3.8) is 0 Å². The van der Waals surface area contributed by atoms with Gasteiger partial charge in [0.05, 0.1) is 10.4 Å². The van der Waals surface area contributed by atoms with Gasteiger partial charge in [-0.05, 0) is 25.1 Å². The standard InChI is InChI=1S/C18H14F2N4O2S2/c1-2-23(9-14(25)21-15-10(19)4-3-5-11(15)20)17(26)13-8-12-16(28-13)22-18-24(12)6-7-27-18/h3-8H,2,9H2,1H3,(H,21,25). The number of likely N-dealkylation sites (N-methyl/N-ethyl adjacent to an activating group) is 1. The molecule has 1 N–H and O–H groups in total. The quantitative estimate of drug-likeness (QED) is 0.531. The molecule has 6 nitrogen and oxygen atoms in total. The maximum absolute atomic E-state index is 13.7. The third kappa shape index (κ3) is 3.25. The number of nitrogens with zero attached hydrogens (tertiary/aromatic N) is 3. The zero-order chi connectivity index (χ0) is 19.8. The highest BCUT2D eigenvalue weighted by atomic mass is 32.1. The number of nitrogens with one attached hydrogen (secondary N) is 1. The molecule has 3 heterocycles. The molecule has 10 heteroatoms. The van der Waals surface area contributed by atoms with Crippen LogP contribution in [0, 0.1) is 11.6 Å². The summed E-state index contributed by atoms with van der Waals surface area (Å²) in [5, 5.41) is 4.11. The highest BCUT2D eigenvalue weighted by Gasteiger charge is 2.22. The zero-order valence-corrected chi connectivity index (χ0v) is 16.2. The Hall–Kier alpha value is -2.85. The molecule has 0 spiro atoms. The summed E-state index contributed by atoms with van der Waals surface area (Å²) in [6, 6.07) is 5.05. The molecule has 1 aromatic carbocycles.